The largest absolute Gasteiger partial charge is 0.368 e. The van der Waals surface area contributed by atoms with E-state index in [0.29, 0.717) is 13.1 Å². The zero-order valence-electron chi connectivity index (χ0n) is 9.47. The number of nitrogens with one attached hydrogen (secondary N) is 2. The number of amides is 2. The van der Waals surface area contributed by atoms with Gasteiger partial charge in [0, 0.05) is 13.1 Å². The van der Waals surface area contributed by atoms with E-state index in [9.17, 15) is 4.79 Å². The van der Waals surface area contributed by atoms with E-state index in [0.717, 1.165) is 17.0 Å². The molecule has 0 aromatic carbocycles. The second-order valence-corrected chi connectivity index (χ2v) is 3.67. The molecule has 17 heavy (non-hydrogen) atoms. The molecule has 0 atom stereocenters. The van der Waals surface area contributed by atoms with Gasteiger partial charge >= 0.3 is 6.03 Å². The molecule has 4 N–H and O–H groups in total. The smallest absolute Gasteiger partial charge is 0.312 e. The number of urea groups is 1. The number of anilines is 1. The second-order valence-electron chi connectivity index (χ2n) is 3.67. The maximum absolute atomic E-state index is 10.5. The van der Waals surface area contributed by atoms with Crippen molar-refractivity contribution in [1.29, 1.82) is 0 Å². The fraction of sp³-hybridized carbons (Fsp3) is 0.300. The van der Waals surface area contributed by atoms with Crippen LogP contribution in [0.5, 0.6) is 0 Å². The summed E-state index contributed by atoms with van der Waals surface area (Å²) in [6, 6.07) is 3.38. The van der Waals surface area contributed by atoms with E-state index < -0.39 is 6.03 Å². The van der Waals surface area contributed by atoms with Crippen LogP contribution in [0.3, 0.4) is 0 Å². The standard InChI is InChI=1S/C10H14N6O/c1-7-4-8(12-2-3-13-10(11)17)16-9(5-7)14-6-15-16/h4-6,12H,2-3H2,1H3,(H3,11,13,17). The first-order chi connectivity index (χ1) is 8.16. The Morgan fingerprint density at radius 2 is 2.29 bits per heavy atom. The molecule has 0 fully saturated rings. The molecule has 2 aromatic rings. The molecule has 7 heteroatoms. The summed E-state index contributed by atoms with van der Waals surface area (Å²) in [5, 5.41) is 9.77. The molecule has 90 valence electrons. The van der Waals surface area contributed by atoms with Gasteiger partial charge in [-0.2, -0.15) is 9.61 Å². The quantitative estimate of drug-likeness (QED) is 0.654. The summed E-state index contributed by atoms with van der Waals surface area (Å²) in [7, 11) is 0. The van der Waals surface area contributed by atoms with Crippen molar-refractivity contribution >= 4 is 17.5 Å². The van der Waals surface area contributed by atoms with Crippen LogP contribution in [-0.2, 0) is 0 Å². The molecule has 2 aromatic heterocycles. The molecule has 0 saturated heterocycles. The van der Waals surface area contributed by atoms with Crippen LogP contribution in [0.15, 0.2) is 18.5 Å². The summed E-state index contributed by atoms with van der Waals surface area (Å²) in [4.78, 5) is 14.6. The average Bonchev–Trinajstić information content (AvgIpc) is 2.71. The lowest BCUT2D eigenvalue weighted by Gasteiger charge is -2.09. The Hall–Kier alpha value is -2.31. The van der Waals surface area contributed by atoms with Crippen molar-refractivity contribution in [1.82, 2.24) is 19.9 Å². The lowest BCUT2D eigenvalue weighted by atomic mass is 10.3. The van der Waals surface area contributed by atoms with Crippen molar-refractivity contribution < 1.29 is 4.79 Å². The third-order valence-electron chi connectivity index (χ3n) is 2.25. The van der Waals surface area contributed by atoms with E-state index in [1.54, 1.807) is 4.52 Å². The average molecular weight is 234 g/mol. The molecule has 0 aliphatic carbocycles. The van der Waals surface area contributed by atoms with E-state index in [1.165, 1.54) is 6.33 Å². The third kappa shape index (κ3) is 2.63. The Balaban J connectivity index is 2.07. The number of hydrogen-bond donors (Lipinski definition) is 3. The Kier molecular flexibility index (Phi) is 3.08. The molecule has 0 aliphatic heterocycles. The molecule has 7 nitrogen and oxygen atoms in total. The molecule has 0 radical (unpaired) electrons. The number of fused-ring (bicyclic) bond motifs is 1. The minimum absolute atomic E-state index is 0.458. The number of primary amides is 1. The predicted molar refractivity (Wildman–Crippen MR) is 63.8 cm³/mol. The summed E-state index contributed by atoms with van der Waals surface area (Å²) < 4.78 is 1.71. The van der Waals surface area contributed by atoms with E-state index >= 15 is 0 Å². The molecule has 0 bridgehead atoms. The molecule has 2 rings (SSSR count). The van der Waals surface area contributed by atoms with E-state index in [4.69, 9.17) is 5.73 Å². The Bertz CT molecular complexity index is 535. The minimum atomic E-state index is -0.526. The topological polar surface area (TPSA) is 97.3 Å². The van der Waals surface area contributed by atoms with Crippen molar-refractivity contribution in [3.63, 3.8) is 0 Å². The summed E-state index contributed by atoms with van der Waals surface area (Å²) in [5.41, 5.74) is 6.85. The Labute approximate surface area is 98.0 Å². The highest BCUT2D eigenvalue weighted by molar-refractivity contribution is 5.71. The van der Waals surface area contributed by atoms with Gasteiger partial charge in [-0.05, 0) is 24.6 Å². The van der Waals surface area contributed by atoms with Gasteiger partial charge in [-0.3, -0.25) is 0 Å². The molecule has 2 amide bonds. The van der Waals surface area contributed by atoms with Crippen LogP contribution in [0.4, 0.5) is 10.6 Å². The van der Waals surface area contributed by atoms with Gasteiger partial charge in [-0.25, -0.2) is 9.78 Å². The van der Waals surface area contributed by atoms with Gasteiger partial charge in [0.2, 0.25) is 0 Å². The lowest BCUT2D eigenvalue weighted by molar-refractivity contribution is 0.249. The van der Waals surface area contributed by atoms with Crippen LogP contribution in [-0.4, -0.2) is 33.7 Å². The summed E-state index contributed by atoms with van der Waals surface area (Å²) >= 11 is 0. The number of aryl methyl sites for hydroxylation is 1. The predicted octanol–water partition coefficient (Wildman–Crippen LogP) is 0.118. The van der Waals surface area contributed by atoms with Gasteiger partial charge in [-0.1, -0.05) is 0 Å². The van der Waals surface area contributed by atoms with Crippen LogP contribution >= 0.6 is 0 Å². The first-order valence-electron chi connectivity index (χ1n) is 5.24. The molecule has 2 heterocycles. The van der Waals surface area contributed by atoms with Gasteiger partial charge in [0.1, 0.15) is 12.1 Å². The fourth-order valence-electron chi connectivity index (χ4n) is 1.56. The van der Waals surface area contributed by atoms with Crippen molar-refractivity contribution in [2.45, 2.75) is 6.92 Å². The molecule has 0 saturated carbocycles. The number of pyridine rings is 1. The van der Waals surface area contributed by atoms with Crippen LogP contribution in [0, 0.1) is 6.92 Å². The highest BCUT2D eigenvalue weighted by Gasteiger charge is 2.03. The van der Waals surface area contributed by atoms with Crippen molar-refractivity contribution in [3.05, 3.63) is 24.0 Å². The highest BCUT2D eigenvalue weighted by atomic mass is 16.2. The van der Waals surface area contributed by atoms with Gasteiger partial charge in [-0.15, -0.1) is 0 Å². The molecule has 0 aliphatic rings. The maximum atomic E-state index is 10.5. The van der Waals surface area contributed by atoms with E-state index in [2.05, 4.69) is 20.7 Å². The zero-order chi connectivity index (χ0) is 12.3. The van der Waals surface area contributed by atoms with Gasteiger partial charge in [0.25, 0.3) is 0 Å². The number of hydrogen-bond acceptors (Lipinski definition) is 4. The molecule has 0 unspecified atom stereocenters. The van der Waals surface area contributed by atoms with E-state index in [1.807, 2.05) is 19.1 Å². The second kappa shape index (κ2) is 4.69. The van der Waals surface area contributed by atoms with Gasteiger partial charge in [0.15, 0.2) is 5.65 Å². The number of nitrogens with two attached hydrogens (primary N) is 1. The first kappa shape index (κ1) is 11.2. The number of nitrogens with zero attached hydrogens (tertiary/aromatic N) is 3. The Morgan fingerprint density at radius 3 is 3.06 bits per heavy atom. The summed E-state index contributed by atoms with van der Waals surface area (Å²) in [6.07, 6.45) is 1.50. The normalized spacial score (nSPS) is 10.4. The van der Waals surface area contributed by atoms with Crippen molar-refractivity contribution in [3.8, 4) is 0 Å². The molecule has 0 spiro atoms. The van der Waals surface area contributed by atoms with Crippen LogP contribution < -0.4 is 16.4 Å². The minimum Gasteiger partial charge on any atom is -0.368 e. The van der Waals surface area contributed by atoms with Crippen molar-refractivity contribution in [2.75, 3.05) is 18.4 Å². The number of aromatic nitrogens is 3. The highest BCUT2D eigenvalue weighted by Crippen LogP contribution is 2.12. The molecular weight excluding hydrogens is 220 g/mol. The third-order valence-corrected chi connectivity index (χ3v) is 2.25. The van der Waals surface area contributed by atoms with Crippen molar-refractivity contribution in [2.24, 2.45) is 5.73 Å². The van der Waals surface area contributed by atoms with Crippen LogP contribution in [0.1, 0.15) is 5.56 Å². The summed E-state index contributed by atoms with van der Waals surface area (Å²) in [6.45, 7) is 3.02. The maximum Gasteiger partial charge on any atom is 0.312 e. The summed E-state index contributed by atoms with van der Waals surface area (Å²) in [5.74, 6) is 0.837. The van der Waals surface area contributed by atoms with Gasteiger partial charge in [0.05, 0.1) is 0 Å². The molecular formula is C10H14N6O. The Morgan fingerprint density at radius 1 is 1.47 bits per heavy atom. The number of rotatable bonds is 4. The lowest BCUT2D eigenvalue weighted by Crippen LogP contribution is -2.33. The number of carbonyl (C=O) groups is 1. The van der Waals surface area contributed by atoms with E-state index in [-0.39, 0.29) is 0 Å². The van der Waals surface area contributed by atoms with Gasteiger partial charge < -0.3 is 16.4 Å². The SMILES string of the molecule is Cc1cc(NCCNC(N)=O)n2ncnc2c1. The van der Waals surface area contributed by atoms with Crippen LogP contribution in [0.2, 0.25) is 0 Å². The first-order valence-corrected chi connectivity index (χ1v) is 5.24. The van der Waals surface area contributed by atoms with Crippen LogP contribution in [0.25, 0.3) is 5.65 Å². The monoisotopic (exact) mass is 234 g/mol. The zero-order valence-corrected chi connectivity index (χ0v) is 9.47. The number of carbonyl (C=O) groups excluding carboxylic acids is 1. The fourth-order valence-corrected chi connectivity index (χ4v) is 1.56.